The Balaban J connectivity index is 2.19. The third-order valence-electron chi connectivity index (χ3n) is 2.55. The number of hydrogen-bond acceptors (Lipinski definition) is 5. The lowest BCUT2D eigenvalue weighted by molar-refractivity contribution is 0.891. The first-order chi connectivity index (χ1) is 9.10. The monoisotopic (exact) mass is 297 g/mol. The third-order valence-corrected chi connectivity index (χ3v) is 3.07. The number of nitrogens with one attached hydrogen (secondary N) is 1. The molecule has 0 saturated carbocycles. The Morgan fingerprint density at radius 2 is 1.95 bits per heavy atom. The highest BCUT2D eigenvalue weighted by Crippen LogP contribution is 2.24. The predicted molar refractivity (Wildman–Crippen MR) is 78.4 cm³/mol. The molecule has 0 aliphatic heterocycles. The van der Waals surface area contributed by atoms with Gasteiger partial charge in [-0.3, -0.25) is 5.43 Å². The van der Waals surface area contributed by atoms with Crippen LogP contribution in [-0.4, -0.2) is 17.0 Å². The first-order valence-corrected chi connectivity index (χ1v) is 6.30. The second kappa shape index (κ2) is 6.06. The van der Waals surface area contributed by atoms with Gasteiger partial charge in [0.15, 0.2) is 5.82 Å². The number of anilines is 2. The third kappa shape index (κ3) is 3.47. The van der Waals surface area contributed by atoms with Crippen LogP contribution in [0.2, 0.25) is 10.0 Å². The van der Waals surface area contributed by atoms with E-state index in [0.717, 1.165) is 5.56 Å². The van der Waals surface area contributed by atoms with Crippen LogP contribution < -0.4 is 16.2 Å². The molecule has 3 N–H and O–H groups in total. The topological polar surface area (TPSA) is 67.1 Å². The first-order valence-electron chi connectivity index (χ1n) is 5.55. The molecular formula is C12H13Cl2N5. The van der Waals surface area contributed by atoms with E-state index < -0.39 is 0 Å². The lowest BCUT2D eigenvalue weighted by atomic mass is 10.2. The van der Waals surface area contributed by atoms with Crippen molar-refractivity contribution in [3.05, 3.63) is 46.1 Å². The van der Waals surface area contributed by atoms with Gasteiger partial charge in [-0.2, -0.15) is 4.98 Å². The van der Waals surface area contributed by atoms with Gasteiger partial charge in [0.1, 0.15) is 5.02 Å². The summed E-state index contributed by atoms with van der Waals surface area (Å²) in [6, 6.07) is 7.60. The highest BCUT2D eigenvalue weighted by molar-refractivity contribution is 6.32. The van der Waals surface area contributed by atoms with E-state index in [2.05, 4.69) is 15.4 Å². The average Bonchev–Trinajstić information content (AvgIpc) is 2.42. The molecule has 7 heteroatoms. The molecule has 19 heavy (non-hydrogen) atoms. The van der Waals surface area contributed by atoms with Crippen LogP contribution in [0.1, 0.15) is 5.56 Å². The van der Waals surface area contributed by atoms with Crippen LogP contribution in [0.5, 0.6) is 0 Å². The van der Waals surface area contributed by atoms with Crippen molar-refractivity contribution in [2.24, 2.45) is 5.84 Å². The molecule has 1 heterocycles. The van der Waals surface area contributed by atoms with Gasteiger partial charge in [-0.1, -0.05) is 35.3 Å². The van der Waals surface area contributed by atoms with Gasteiger partial charge in [-0.05, 0) is 17.7 Å². The summed E-state index contributed by atoms with van der Waals surface area (Å²) in [6.07, 6.45) is 1.51. The van der Waals surface area contributed by atoms with Crippen molar-refractivity contribution in [1.29, 1.82) is 0 Å². The van der Waals surface area contributed by atoms with Crippen molar-refractivity contribution in [3.8, 4) is 0 Å². The molecular weight excluding hydrogens is 285 g/mol. The highest BCUT2D eigenvalue weighted by Gasteiger charge is 2.10. The smallest absolute Gasteiger partial charge is 0.239 e. The standard InChI is InChI=1S/C12H13Cl2N5/c1-19(7-8-2-4-9(13)5-3-8)11-10(14)6-16-12(17-11)18-15/h2-6H,7,15H2,1H3,(H,16,17,18). The second-order valence-electron chi connectivity index (χ2n) is 3.99. The Hall–Kier alpha value is -1.56. The van der Waals surface area contributed by atoms with E-state index in [1.807, 2.05) is 36.2 Å². The fourth-order valence-corrected chi connectivity index (χ4v) is 2.00. The number of aromatic nitrogens is 2. The molecule has 1 aromatic carbocycles. The number of nitrogen functional groups attached to an aromatic ring is 1. The zero-order valence-electron chi connectivity index (χ0n) is 10.3. The maximum Gasteiger partial charge on any atom is 0.239 e. The van der Waals surface area contributed by atoms with E-state index >= 15 is 0 Å². The number of nitrogens with two attached hydrogens (primary N) is 1. The van der Waals surface area contributed by atoms with Crippen molar-refractivity contribution >= 4 is 35.0 Å². The zero-order chi connectivity index (χ0) is 13.8. The predicted octanol–water partition coefficient (Wildman–Crippen LogP) is 2.71. The zero-order valence-corrected chi connectivity index (χ0v) is 11.8. The number of benzene rings is 1. The number of hydrogen-bond donors (Lipinski definition) is 2. The number of rotatable bonds is 4. The Morgan fingerprint density at radius 3 is 2.58 bits per heavy atom. The van der Waals surface area contributed by atoms with E-state index in [9.17, 15) is 0 Å². The van der Waals surface area contributed by atoms with Crippen LogP contribution >= 0.6 is 23.2 Å². The Bertz CT molecular complexity index is 559. The number of nitrogens with zero attached hydrogens (tertiary/aromatic N) is 3. The minimum Gasteiger partial charge on any atom is -0.354 e. The van der Waals surface area contributed by atoms with Crippen LogP contribution in [0.4, 0.5) is 11.8 Å². The molecule has 0 fully saturated rings. The molecule has 2 rings (SSSR count). The fourth-order valence-electron chi connectivity index (χ4n) is 1.63. The fraction of sp³-hybridized carbons (Fsp3) is 0.167. The van der Waals surface area contributed by atoms with E-state index in [1.54, 1.807) is 0 Å². The van der Waals surface area contributed by atoms with Gasteiger partial charge in [0.25, 0.3) is 0 Å². The summed E-state index contributed by atoms with van der Waals surface area (Å²) in [5.41, 5.74) is 3.50. The van der Waals surface area contributed by atoms with Crippen molar-refractivity contribution in [1.82, 2.24) is 9.97 Å². The minimum atomic E-state index is 0.322. The molecule has 5 nitrogen and oxygen atoms in total. The quantitative estimate of drug-likeness (QED) is 0.671. The summed E-state index contributed by atoms with van der Waals surface area (Å²) in [7, 11) is 1.89. The minimum absolute atomic E-state index is 0.322. The van der Waals surface area contributed by atoms with E-state index in [0.29, 0.717) is 28.4 Å². The second-order valence-corrected chi connectivity index (χ2v) is 4.84. The van der Waals surface area contributed by atoms with Crippen molar-refractivity contribution in [2.75, 3.05) is 17.4 Å². The molecule has 0 atom stereocenters. The molecule has 0 aliphatic carbocycles. The van der Waals surface area contributed by atoms with Gasteiger partial charge in [0.2, 0.25) is 5.95 Å². The number of hydrazine groups is 1. The van der Waals surface area contributed by atoms with Crippen molar-refractivity contribution in [3.63, 3.8) is 0 Å². The molecule has 100 valence electrons. The van der Waals surface area contributed by atoms with Crippen molar-refractivity contribution in [2.45, 2.75) is 6.54 Å². The molecule has 0 spiro atoms. The maximum atomic E-state index is 6.08. The van der Waals surface area contributed by atoms with E-state index in [4.69, 9.17) is 29.0 Å². The normalized spacial score (nSPS) is 10.3. The van der Waals surface area contributed by atoms with Crippen LogP contribution in [0.3, 0.4) is 0 Å². The number of halogens is 2. The van der Waals surface area contributed by atoms with Gasteiger partial charge in [-0.15, -0.1) is 0 Å². The maximum absolute atomic E-state index is 6.08. The molecule has 0 amide bonds. The van der Waals surface area contributed by atoms with Crippen LogP contribution in [-0.2, 0) is 6.54 Å². The van der Waals surface area contributed by atoms with Gasteiger partial charge in [-0.25, -0.2) is 10.8 Å². The van der Waals surface area contributed by atoms with Gasteiger partial charge >= 0.3 is 0 Å². The summed E-state index contributed by atoms with van der Waals surface area (Å²) < 4.78 is 0. The van der Waals surface area contributed by atoms with Crippen LogP contribution in [0.25, 0.3) is 0 Å². The molecule has 0 unspecified atom stereocenters. The van der Waals surface area contributed by atoms with Gasteiger partial charge < -0.3 is 4.90 Å². The average molecular weight is 298 g/mol. The molecule has 0 saturated heterocycles. The SMILES string of the molecule is CN(Cc1ccc(Cl)cc1)c1nc(NN)ncc1Cl. The van der Waals surface area contributed by atoms with Gasteiger partial charge in [0, 0.05) is 18.6 Å². The van der Waals surface area contributed by atoms with E-state index in [1.165, 1.54) is 6.20 Å². The van der Waals surface area contributed by atoms with E-state index in [-0.39, 0.29) is 0 Å². The van der Waals surface area contributed by atoms with Crippen LogP contribution in [0, 0.1) is 0 Å². The molecule has 0 radical (unpaired) electrons. The largest absolute Gasteiger partial charge is 0.354 e. The summed E-state index contributed by atoms with van der Waals surface area (Å²) >= 11 is 11.9. The molecule has 0 bridgehead atoms. The highest BCUT2D eigenvalue weighted by atomic mass is 35.5. The summed E-state index contributed by atoms with van der Waals surface area (Å²) in [5.74, 6) is 6.22. The molecule has 1 aromatic heterocycles. The lowest BCUT2D eigenvalue weighted by Crippen LogP contribution is -2.20. The summed E-state index contributed by atoms with van der Waals surface area (Å²) in [4.78, 5) is 10.1. The Morgan fingerprint density at radius 1 is 1.26 bits per heavy atom. The Kier molecular flexibility index (Phi) is 4.42. The van der Waals surface area contributed by atoms with Crippen molar-refractivity contribution < 1.29 is 0 Å². The Labute approximate surface area is 121 Å². The summed E-state index contributed by atoms with van der Waals surface area (Å²) in [5, 5.41) is 1.18. The summed E-state index contributed by atoms with van der Waals surface area (Å²) in [6.45, 7) is 0.651. The van der Waals surface area contributed by atoms with Crippen LogP contribution in [0.15, 0.2) is 30.5 Å². The van der Waals surface area contributed by atoms with Gasteiger partial charge in [0.05, 0.1) is 6.20 Å². The molecule has 2 aromatic rings. The first kappa shape index (κ1) is 13.9. The lowest BCUT2D eigenvalue weighted by Gasteiger charge is -2.19. The molecule has 0 aliphatic rings.